The maximum Gasteiger partial charge on any atom is 0.0739 e. The smallest absolute Gasteiger partial charge is 0.0739 e. The Morgan fingerprint density at radius 1 is 1.33 bits per heavy atom. The van der Waals surface area contributed by atoms with Gasteiger partial charge in [-0.15, -0.1) is 0 Å². The van der Waals surface area contributed by atoms with E-state index in [2.05, 4.69) is 45.3 Å². The molecule has 2 rings (SSSR count). The van der Waals surface area contributed by atoms with Crippen molar-refractivity contribution in [3.8, 4) is 0 Å². The third-order valence-corrected chi connectivity index (χ3v) is 4.92. The second kappa shape index (κ2) is 5.72. The molecule has 4 nitrogen and oxygen atoms in total. The fourth-order valence-corrected chi connectivity index (χ4v) is 3.25. The normalized spacial score (nSPS) is 25.6. The van der Waals surface area contributed by atoms with Crippen molar-refractivity contribution in [3.63, 3.8) is 0 Å². The van der Waals surface area contributed by atoms with Crippen LogP contribution in [0.15, 0.2) is 4.47 Å². The summed E-state index contributed by atoms with van der Waals surface area (Å²) in [5, 5.41) is 6.82. The van der Waals surface area contributed by atoms with Crippen molar-refractivity contribution in [3.05, 3.63) is 15.9 Å². The molecule has 2 atom stereocenters. The molecule has 0 bridgehead atoms. The Labute approximate surface area is 118 Å². The molecule has 102 valence electrons. The molecule has 0 spiro atoms. The number of nitrogens with zero attached hydrogens (tertiary/aromatic N) is 3. The molecule has 0 saturated carbocycles. The van der Waals surface area contributed by atoms with Gasteiger partial charge in [0.05, 0.1) is 22.4 Å². The second-order valence-electron chi connectivity index (χ2n) is 5.34. The van der Waals surface area contributed by atoms with Gasteiger partial charge in [-0.2, -0.15) is 5.10 Å². The third kappa shape index (κ3) is 2.78. The average Bonchev–Trinajstić information content (AvgIpc) is 2.54. The second-order valence-corrected chi connectivity index (χ2v) is 6.13. The topological polar surface area (TPSA) is 33.1 Å². The van der Waals surface area contributed by atoms with Gasteiger partial charge in [0.1, 0.15) is 0 Å². The molecular weight excluding hydrogens is 292 g/mol. The first kappa shape index (κ1) is 14.0. The zero-order valence-electron chi connectivity index (χ0n) is 11.7. The molecule has 5 heteroatoms. The maximum atomic E-state index is 4.42. The van der Waals surface area contributed by atoms with E-state index in [1.165, 1.54) is 25.0 Å². The molecule has 18 heavy (non-hydrogen) atoms. The zero-order valence-corrected chi connectivity index (χ0v) is 13.3. The number of nitrogens with one attached hydrogen (secondary N) is 1. The lowest BCUT2D eigenvalue weighted by Crippen LogP contribution is -2.51. The first-order valence-corrected chi connectivity index (χ1v) is 7.49. The molecule has 1 N–H and O–H groups in total. The Hall–Kier alpha value is -0.390. The van der Waals surface area contributed by atoms with Crippen molar-refractivity contribution in [1.29, 1.82) is 0 Å². The lowest BCUT2D eigenvalue weighted by atomic mass is 10.00. The van der Waals surface area contributed by atoms with Crippen molar-refractivity contribution >= 4 is 15.9 Å². The van der Waals surface area contributed by atoms with Gasteiger partial charge < -0.3 is 0 Å². The van der Waals surface area contributed by atoms with Gasteiger partial charge in [-0.3, -0.25) is 4.68 Å². The molecule has 2 unspecified atom stereocenters. The SMILES string of the molecule is Cc1nn(C)c(CNN2C(C)CCCC2C)c1Br. The molecule has 1 aromatic heterocycles. The van der Waals surface area contributed by atoms with E-state index in [1.807, 2.05) is 18.7 Å². The number of hydrogen-bond acceptors (Lipinski definition) is 3. The summed E-state index contributed by atoms with van der Waals surface area (Å²) < 4.78 is 3.07. The number of rotatable bonds is 3. The lowest BCUT2D eigenvalue weighted by Gasteiger charge is -2.39. The van der Waals surface area contributed by atoms with E-state index in [-0.39, 0.29) is 0 Å². The minimum atomic E-state index is 0.613. The van der Waals surface area contributed by atoms with E-state index in [9.17, 15) is 0 Å². The predicted octanol–water partition coefficient (Wildman–Crippen LogP) is 2.76. The molecule has 1 saturated heterocycles. The highest BCUT2D eigenvalue weighted by molar-refractivity contribution is 9.10. The van der Waals surface area contributed by atoms with Crippen molar-refractivity contribution in [2.24, 2.45) is 7.05 Å². The van der Waals surface area contributed by atoms with Gasteiger partial charge in [-0.05, 0) is 49.5 Å². The van der Waals surface area contributed by atoms with Gasteiger partial charge in [-0.1, -0.05) is 6.42 Å². The highest BCUT2D eigenvalue weighted by Gasteiger charge is 2.24. The molecule has 0 amide bonds. The van der Waals surface area contributed by atoms with Crippen LogP contribution in [0.25, 0.3) is 0 Å². The van der Waals surface area contributed by atoms with Gasteiger partial charge in [0.2, 0.25) is 0 Å². The van der Waals surface area contributed by atoms with Crippen LogP contribution < -0.4 is 5.43 Å². The van der Waals surface area contributed by atoms with Crippen molar-refractivity contribution < 1.29 is 0 Å². The highest BCUT2D eigenvalue weighted by Crippen LogP contribution is 2.23. The van der Waals surface area contributed by atoms with Crippen LogP contribution in [0.1, 0.15) is 44.5 Å². The van der Waals surface area contributed by atoms with E-state index in [0.29, 0.717) is 12.1 Å². The standard InChI is InChI=1S/C13H23BrN4/c1-9-6-5-7-10(2)18(9)15-8-12-13(14)11(3)16-17(12)4/h9-10,15H,5-8H2,1-4H3. The zero-order chi connectivity index (χ0) is 13.3. The van der Waals surface area contributed by atoms with Crippen molar-refractivity contribution in [2.45, 2.75) is 58.7 Å². The number of hydrogen-bond donors (Lipinski definition) is 1. The minimum absolute atomic E-state index is 0.613. The maximum absolute atomic E-state index is 4.42. The molecular formula is C13H23BrN4. The predicted molar refractivity (Wildman–Crippen MR) is 77.1 cm³/mol. The third-order valence-electron chi connectivity index (χ3n) is 3.88. The van der Waals surface area contributed by atoms with Gasteiger partial charge >= 0.3 is 0 Å². The lowest BCUT2D eigenvalue weighted by molar-refractivity contribution is 0.0426. The fraction of sp³-hybridized carbons (Fsp3) is 0.769. The van der Waals surface area contributed by atoms with Crippen molar-refractivity contribution in [2.75, 3.05) is 0 Å². The van der Waals surface area contributed by atoms with Crippen LogP contribution in [-0.2, 0) is 13.6 Å². The Kier molecular flexibility index (Phi) is 4.45. The fourth-order valence-electron chi connectivity index (χ4n) is 2.77. The summed E-state index contributed by atoms with van der Waals surface area (Å²) in [7, 11) is 2.00. The van der Waals surface area contributed by atoms with Crippen LogP contribution in [0.4, 0.5) is 0 Å². The van der Waals surface area contributed by atoms with E-state index < -0.39 is 0 Å². The van der Waals surface area contributed by atoms with E-state index in [1.54, 1.807) is 0 Å². The first-order valence-electron chi connectivity index (χ1n) is 6.70. The summed E-state index contributed by atoms with van der Waals surface area (Å²) in [6.45, 7) is 7.45. The van der Waals surface area contributed by atoms with Crippen LogP contribution >= 0.6 is 15.9 Å². The molecule has 1 aliphatic heterocycles. The number of hydrazine groups is 1. The molecule has 0 radical (unpaired) electrons. The molecule has 1 aromatic rings. The number of aryl methyl sites for hydroxylation is 2. The van der Waals surface area contributed by atoms with Gasteiger partial charge in [0, 0.05) is 19.1 Å². The summed E-state index contributed by atoms with van der Waals surface area (Å²) in [4.78, 5) is 0. The largest absolute Gasteiger partial charge is 0.270 e. The van der Waals surface area contributed by atoms with Crippen LogP contribution in [-0.4, -0.2) is 26.9 Å². The van der Waals surface area contributed by atoms with Crippen LogP contribution in [0.5, 0.6) is 0 Å². The summed E-state index contributed by atoms with van der Waals surface area (Å²) in [5.41, 5.74) is 5.83. The number of aromatic nitrogens is 2. The number of piperidine rings is 1. The Bertz CT molecular complexity index is 405. The van der Waals surface area contributed by atoms with E-state index in [0.717, 1.165) is 16.7 Å². The Balaban J connectivity index is 2.02. The highest BCUT2D eigenvalue weighted by atomic mass is 79.9. The van der Waals surface area contributed by atoms with Crippen LogP contribution in [0, 0.1) is 6.92 Å². The van der Waals surface area contributed by atoms with E-state index >= 15 is 0 Å². The molecule has 0 aliphatic carbocycles. The summed E-state index contributed by atoms with van der Waals surface area (Å²) in [6.07, 6.45) is 3.90. The minimum Gasteiger partial charge on any atom is -0.270 e. The monoisotopic (exact) mass is 314 g/mol. The van der Waals surface area contributed by atoms with Crippen LogP contribution in [0.3, 0.4) is 0 Å². The summed E-state index contributed by atoms with van der Waals surface area (Å²) >= 11 is 3.61. The van der Waals surface area contributed by atoms with Gasteiger partial charge in [-0.25, -0.2) is 10.4 Å². The quantitative estimate of drug-likeness (QED) is 0.931. The van der Waals surface area contributed by atoms with Crippen molar-refractivity contribution in [1.82, 2.24) is 20.2 Å². The molecule has 1 aliphatic rings. The Morgan fingerprint density at radius 3 is 2.44 bits per heavy atom. The van der Waals surface area contributed by atoms with Gasteiger partial charge in [0.15, 0.2) is 0 Å². The Morgan fingerprint density at radius 2 is 1.94 bits per heavy atom. The first-order chi connectivity index (χ1) is 8.50. The molecule has 0 aromatic carbocycles. The molecule has 1 fully saturated rings. The average molecular weight is 315 g/mol. The summed E-state index contributed by atoms with van der Waals surface area (Å²) in [6, 6.07) is 1.23. The summed E-state index contributed by atoms with van der Waals surface area (Å²) in [5.74, 6) is 0. The number of halogens is 1. The van der Waals surface area contributed by atoms with E-state index in [4.69, 9.17) is 0 Å². The van der Waals surface area contributed by atoms with Crippen LogP contribution in [0.2, 0.25) is 0 Å². The molecule has 2 heterocycles. The van der Waals surface area contributed by atoms with Gasteiger partial charge in [0.25, 0.3) is 0 Å².